The molecule has 3 nitrogen and oxygen atoms in total. The van der Waals surface area contributed by atoms with Gasteiger partial charge in [0, 0.05) is 12.7 Å². The lowest BCUT2D eigenvalue weighted by Gasteiger charge is -2.07. The van der Waals surface area contributed by atoms with E-state index in [0.717, 1.165) is 17.7 Å². The average Bonchev–Trinajstić information content (AvgIpc) is 2.42. The first-order valence-electron chi connectivity index (χ1n) is 4.90. The Morgan fingerprint density at radius 3 is 2.43 bits per heavy atom. The third-order valence-corrected chi connectivity index (χ3v) is 2.52. The van der Waals surface area contributed by atoms with Gasteiger partial charge in [0.05, 0.1) is 0 Å². The molecule has 0 bridgehead atoms. The van der Waals surface area contributed by atoms with Crippen LogP contribution in [0.1, 0.15) is 48.4 Å². The predicted molar refractivity (Wildman–Crippen MR) is 55.8 cm³/mol. The highest BCUT2D eigenvalue weighted by molar-refractivity contribution is 5.88. The molecule has 0 aliphatic carbocycles. The van der Waals surface area contributed by atoms with Crippen LogP contribution in [0.2, 0.25) is 0 Å². The van der Waals surface area contributed by atoms with Crippen molar-refractivity contribution in [3.8, 4) is 0 Å². The van der Waals surface area contributed by atoms with Crippen molar-refractivity contribution in [1.82, 2.24) is 4.57 Å². The van der Waals surface area contributed by atoms with Crippen LogP contribution >= 0.6 is 0 Å². The van der Waals surface area contributed by atoms with Crippen LogP contribution in [-0.2, 0) is 13.5 Å². The Labute approximate surface area is 84.4 Å². The zero-order valence-electron chi connectivity index (χ0n) is 9.16. The fourth-order valence-corrected chi connectivity index (χ4v) is 1.79. The standard InChI is InChI=1S/C11H17NO2/c1-5-8-6-9(7(2)3)12(4)10(8)11(13)14/h6-7H,5H2,1-4H3,(H,13,14). The second kappa shape index (κ2) is 3.86. The van der Waals surface area contributed by atoms with Crippen molar-refractivity contribution >= 4 is 5.97 Å². The van der Waals surface area contributed by atoms with Crippen molar-refractivity contribution in [2.45, 2.75) is 33.1 Å². The van der Waals surface area contributed by atoms with Gasteiger partial charge in [-0.1, -0.05) is 20.8 Å². The quantitative estimate of drug-likeness (QED) is 0.804. The molecule has 0 radical (unpaired) electrons. The molecule has 0 aliphatic rings. The van der Waals surface area contributed by atoms with E-state index >= 15 is 0 Å². The summed E-state index contributed by atoms with van der Waals surface area (Å²) in [6.07, 6.45) is 0.766. The van der Waals surface area contributed by atoms with Gasteiger partial charge in [0.2, 0.25) is 0 Å². The number of hydrogen-bond donors (Lipinski definition) is 1. The Kier molecular flexibility index (Phi) is 2.99. The summed E-state index contributed by atoms with van der Waals surface area (Å²) in [6.45, 7) is 6.12. The van der Waals surface area contributed by atoms with Gasteiger partial charge in [-0.05, 0) is 24.0 Å². The maximum Gasteiger partial charge on any atom is 0.352 e. The molecule has 0 saturated heterocycles. The maximum absolute atomic E-state index is 11.0. The largest absolute Gasteiger partial charge is 0.477 e. The van der Waals surface area contributed by atoms with Gasteiger partial charge < -0.3 is 9.67 Å². The Hall–Kier alpha value is -1.25. The van der Waals surface area contributed by atoms with Crippen LogP contribution in [0, 0.1) is 0 Å². The Bertz CT molecular complexity index is 350. The van der Waals surface area contributed by atoms with Crippen LogP contribution < -0.4 is 0 Å². The molecule has 0 amide bonds. The number of carbonyl (C=O) groups is 1. The number of rotatable bonds is 3. The molecule has 0 aliphatic heterocycles. The van der Waals surface area contributed by atoms with Gasteiger partial charge in [-0.25, -0.2) is 4.79 Å². The van der Waals surface area contributed by atoms with Crippen molar-refractivity contribution in [2.24, 2.45) is 7.05 Å². The maximum atomic E-state index is 11.0. The summed E-state index contributed by atoms with van der Waals surface area (Å²) in [5.74, 6) is -0.477. The number of aryl methyl sites for hydroxylation is 1. The van der Waals surface area contributed by atoms with Gasteiger partial charge in [-0.15, -0.1) is 0 Å². The van der Waals surface area contributed by atoms with E-state index in [9.17, 15) is 4.79 Å². The second-order valence-electron chi connectivity index (χ2n) is 3.82. The van der Waals surface area contributed by atoms with Gasteiger partial charge in [-0.3, -0.25) is 0 Å². The molecule has 1 aromatic heterocycles. The smallest absolute Gasteiger partial charge is 0.352 e. The molecule has 0 aromatic carbocycles. The SMILES string of the molecule is CCc1cc(C(C)C)n(C)c1C(=O)O. The summed E-state index contributed by atoms with van der Waals surface area (Å²) in [5, 5.41) is 9.05. The molecule has 0 saturated carbocycles. The van der Waals surface area contributed by atoms with Crippen molar-refractivity contribution < 1.29 is 9.90 Å². The predicted octanol–water partition coefficient (Wildman–Crippen LogP) is 2.41. The normalized spacial score (nSPS) is 10.9. The van der Waals surface area contributed by atoms with Crippen LogP contribution in [0.3, 0.4) is 0 Å². The van der Waals surface area contributed by atoms with Crippen LogP contribution in [0.25, 0.3) is 0 Å². The Morgan fingerprint density at radius 2 is 2.14 bits per heavy atom. The van der Waals surface area contributed by atoms with Crippen LogP contribution in [0.4, 0.5) is 0 Å². The number of carboxylic acids is 1. The summed E-state index contributed by atoms with van der Waals surface area (Å²) in [4.78, 5) is 11.0. The van der Waals surface area contributed by atoms with Gasteiger partial charge in [0.15, 0.2) is 0 Å². The molecular formula is C11H17NO2. The van der Waals surface area contributed by atoms with Gasteiger partial charge >= 0.3 is 5.97 Å². The van der Waals surface area contributed by atoms with E-state index in [1.54, 1.807) is 4.57 Å². The van der Waals surface area contributed by atoms with Crippen LogP contribution in [0.5, 0.6) is 0 Å². The highest BCUT2D eigenvalue weighted by Crippen LogP contribution is 2.22. The molecule has 1 heterocycles. The van der Waals surface area contributed by atoms with E-state index < -0.39 is 5.97 Å². The minimum atomic E-state index is -0.837. The van der Waals surface area contributed by atoms with Crippen molar-refractivity contribution in [3.63, 3.8) is 0 Å². The van der Waals surface area contributed by atoms with Gasteiger partial charge in [0.1, 0.15) is 5.69 Å². The summed E-state index contributed by atoms with van der Waals surface area (Å²) < 4.78 is 1.78. The van der Waals surface area contributed by atoms with E-state index in [1.165, 1.54) is 0 Å². The summed E-state index contributed by atoms with van der Waals surface area (Å²) in [6, 6.07) is 1.99. The number of aromatic carboxylic acids is 1. The molecule has 14 heavy (non-hydrogen) atoms. The summed E-state index contributed by atoms with van der Waals surface area (Å²) >= 11 is 0. The lowest BCUT2D eigenvalue weighted by Crippen LogP contribution is -2.09. The molecular weight excluding hydrogens is 178 g/mol. The lowest BCUT2D eigenvalue weighted by atomic mass is 10.1. The molecule has 1 aromatic rings. The van der Waals surface area contributed by atoms with Crippen molar-refractivity contribution in [3.05, 3.63) is 23.0 Å². The Morgan fingerprint density at radius 1 is 1.57 bits per heavy atom. The van der Waals surface area contributed by atoms with E-state index in [-0.39, 0.29) is 0 Å². The summed E-state index contributed by atoms with van der Waals surface area (Å²) in [7, 11) is 1.82. The van der Waals surface area contributed by atoms with Crippen LogP contribution in [0.15, 0.2) is 6.07 Å². The molecule has 0 spiro atoms. The summed E-state index contributed by atoms with van der Waals surface area (Å²) in [5.41, 5.74) is 2.43. The van der Waals surface area contributed by atoms with Crippen molar-refractivity contribution in [1.29, 1.82) is 0 Å². The Balaban J connectivity index is 3.33. The highest BCUT2D eigenvalue weighted by atomic mass is 16.4. The van der Waals surface area contributed by atoms with Crippen LogP contribution in [-0.4, -0.2) is 15.6 Å². The number of nitrogens with zero attached hydrogens (tertiary/aromatic N) is 1. The number of hydrogen-bond acceptors (Lipinski definition) is 1. The average molecular weight is 195 g/mol. The van der Waals surface area contributed by atoms with Gasteiger partial charge in [-0.2, -0.15) is 0 Å². The minimum Gasteiger partial charge on any atom is -0.477 e. The zero-order chi connectivity index (χ0) is 10.9. The fraction of sp³-hybridized carbons (Fsp3) is 0.545. The first-order valence-corrected chi connectivity index (χ1v) is 4.90. The number of aromatic nitrogens is 1. The third kappa shape index (κ3) is 1.67. The topological polar surface area (TPSA) is 42.2 Å². The van der Waals surface area contributed by atoms with E-state index in [1.807, 2.05) is 20.0 Å². The lowest BCUT2D eigenvalue weighted by molar-refractivity contribution is 0.0685. The molecule has 1 rings (SSSR count). The first-order chi connectivity index (χ1) is 6.49. The van der Waals surface area contributed by atoms with Crippen molar-refractivity contribution in [2.75, 3.05) is 0 Å². The van der Waals surface area contributed by atoms with Gasteiger partial charge in [0.25, 0.3) is 0 Å². The van der Waals surface area contributed by atoms with E-state index in [2.05, 4.69) is 13.8 Å². The molecule has 1 N–H and O–H groups in total. The fourth-order valence-electron chi connectivity index (χ4n) is 1.79. The highest BCUT2D eigenvalue weighted by Gasteiger charge is 2.18. The monoisotopic (exact) mass is 195 g/mol. The molecule has 3 heteroatoms. The van der Waals surface area contributed by atoms with E-state index in [0.29, 0.717) is 11.6 Å². The molecule has 0 unspecified atom stereocenters. The van der Waals surface area contributed by atoms with E-state index in [4.69, 9.17) is 5.11 Å². The first kappa shape index (κ1) is 10.8. The molecule has 78 valence electrons. The molecule has 0 fully saturated rings. The molecule has 0 atom stereocenters. The third-order valence-electron chi connectivity index (χ3n) is 2.52. The zero-order valence-corrected chi connectivity index (χ0v) is 9.16. The number of carboxylic acid groups (broad SMARTS) is 1. The second-order valence-corrected chi connectivity index (χ2v) is 3.82. The minimum absolute atomic E-state index is 0.360.